The molecule has 37 heavy (non-hydrogen) atoms. The fourth-order valence-corrected chi connectivity index (χ4v) is 6.44. The molecular weight excluding hydrogens is 510 g/mol. The Morgan fingerprint density at radius 1 is 1.05 bits per heavy atom. The summed E-state index contributed by atoms with van der Waals surface area (Å²) in [5, 5.41) is 2.78. The molecule has 1 amide bonds. The maximum Gasteiger partial charge on any atom is 0.308 e. The van der Waals surface area contributed by atoms with Crippen LogP contribution in [0.5, 0.6) is 5.75 Å². The third-order valence-electron chi connectivity index (χ3n) is 5.75. The maximum atomic E-state index is 13.6. The zero-order chi connectivity index (χ0) is 26.7. The van der Waals surface area contributed by atoms with Gasteiger partial charge in [-0.3, -0.25) is 18.5 Å². The molecule has 4 rings (SSSR count). The predicted octanol–water partition coefficient (Wildman–Crippen LogP) is 5.19. The van der Waals surface area contributed by atoms with Crippen LogP contribution in [0.4, 0.5) is 11.4 Å². The highest BCUT2D eigenvalue weighted by molar-refractivity contribution is 7.92. The maximum absolute atomic E-state index is 13.6. The van der Waals surface area contributed by atoms with E-state index >= 15 is 0 Å². The molecule has 0 fully saturated rings. The Labute approximate surface area is 220 Å². The predicted molar refractivity (Wildman–Crippen MR) is 148 cm³/mol. The zero-order valence-corrected chi connectivity index (χ0v) is 22.7. The Kier molecular flexibility index (Phi) is 7.70. The lowest BCUT2D eigenvalue weighted by atomic mass is 10.2. The Bertz CT molecular complexity index is 1570. The van der Waals surface area contributed by atoms with Gasteiger partial charge in [-0.05, 0) is 82.3 Å². The van der Waals surface area contributed by atoms with Gasteiger partial charge in [0.05, 0.1) is 27.4 Å². The summed E-state index contributed by atoms with van der Waals surface area (Å²) in [7, 11) is -4.04. The molecule has 1 N–H and O–H groups in total. The summed E-state index contributed by atoms with van der Waals surface area (Å²) < 4.78 is 36.2. The summed E-state index contributed by atoms with van der Waals surface area (Å²) in [5.74, 6) is 0.0866. The summed E-state index contributed by atoms with van der Waals surface area (Å²) >= 11 is 1.10. The molecule has 0 unspecified atom stereocenters. The first-order valence-corrected chi connectivity index (χ1v) is 14.1. The van der Waals surface area contributed by atoms with Crippen molar-refractivity contribution < 1.29 is 17.9 Å². The minimum Gasteiger partial charge on any atom is -0.494 e. The van der Waals surface area contributed by atoms with E-state index in [1.165, 1.54) is 12.1 Å². The number of sulfonamides is 1. The molecule has 0 radical (unpaired) electrons. The monoisotopic (exact) mass is 539 g/mol. The van der Waals surface area contributed by atoms with Crippen LogP contribution in [-0.4, -0.2) is 32.0 Å². The summed E-state index contributed by atoms with van der Waals surface area (Å²) in [6, 6.07) is 18.3. The van der Waals surface area contributed by atoms with Crippen LogP contribution < -0.4 is 19.2 Å². The molecule has 0 spiro atoms. The number of thiazole rings is 1. The van der Waals surface area contributed by atoms with Gasteiger partial charge in [-0.1, -0.05) is 29.0 Å². The van der Waals surface area contributed by atoms with Crippen molar-refractivity contribution in [3.63, 3.8) is 0 Å². The molecule has 0 aliphatic heterocycles. The van der Waals surface area contributed by atoms with Crippen molar-refractivity contribution >= 4 is 48.9 Å². The third-order valence-corrected chi connectivity index (χ3v) is 8.45. The third kappa shape index (κ3) is 5.70. The number of aryl methyl sites for hydroxylation is 1. The van der Waals surface area contributed by atoms with E-state index < -0.39 is 22.5 Å². The van der Waals surface area contributed by atoms with Crippen LogP contribution in [0.25, 0.3) is 10.2 Å². The molecule has 10 heteroatoms. The number of ether oxygens (including phenoxy) is 1. The highest BCUT2D eigenvalue weighted by Crippen LogP contribution is 2.27. The minimum atomic E-state index is -4.04. The molecule has 194 valence electrons. The zero-order valence-electron chi connectivity index (χ0n) is 21.1. The number of benzene rings is 3. The van der Waals surface area contributed by atoms with Gasteiger partial charge in [0.2, 0.25) is 5.91 Å². The lowest BCUT2D eigenvalue weighted by Gasteiger charge is -2.24. The fourth-order valence-electron chi connectivity index (χ4n) is 3.96. The lowest BCUT2D eigenvalue weighted by molar-refractivity contribution is -0.114. The second-order valence-corrected chi connectivity index (χ2v) is 11.7. The van der Waals surface area contributed by atoms with Crippen molar-refractivity contribution in [2.24, 2.45) is 0 Å². The molecular formula is C27H29N3O5S2. The first-order chi connectivity index (χ1) is 17.6. The smallest absolute Gasteiger partial charge is 0.308 e. The van der Waals surface area contributed by atoms with Crippen molar-refractivity contribution in [1.29, 1.82) is 0 Å². The number of aromatic nitrogens is 1. The summed E-state index contributed by atoms with van der Waals surface area (Å²) in [6.07, 6.45) is 0. The second-order valence-electron chi connectivity index (χ2n) is 8.81. The van der Waals surface area contributed by atoms with Crippen molar-refractivity contribution in [2.45, 2.75) is 38.6 Å². The van der Waals surface area contributed by atoms with E-state index in [4.69, 9.17) is 4.74 Å². The molecule has 0 bridgehead atoms. The van der Waals surface area contributed by atoms with E-state index in [2.05, 4.69) is 5.32 Å². The van der Waals surface area contributed by atoms with Crippen LogP contribution in [0.15, 0.2) is 76.4 Å². The summed E-state index contributed by atoms with van der Waals surface area (Å²) in [4.78, 5) is 25.5. The van der Waals surface area contributed by atoms with E-state index in [1.807, 2.05) is 27.7 Å². The van der Waals surface area contributed by atoms with Crippen LogP contribution in [-0.2, 0) is 14.8 Å². The van der Waals surface area contributed by atoms with Crippen LogP contribution in [0.3, 0.4) is 0 Å². The van der Waals surface area contributed by atoms with E-state index in [1.54, 1.807) is 59.2 Å². The van der Waals surface area contributed by atoms with E-state index in [9.17, 15) is 18.0 Å². The minimum absolute atomic E-state index is 0.0105. The number of fused-ring (bicyclic) bond motifs is 1. The Morgan fingerprint density at radius 2 is 1.73 bits per heavy atom. The first kappa shape index (κ1) is 26.4. The Hall–Kier alpha value is -3.63. The number of rotatable bonds is 9. The molecule has 0 saturated heterocycles. The van der Waals surface area contributed by atoms with Crippen LogP contribution in [0, 0.1) is 6.92 Å². The first-order valence-electron chi connectivity index (χ1n) is 11.9. The van der Waals surface area contributed by atoms with Gasteiger partial charge < -0.3 is 10.1 Å². The molecule has 0 aliphatic rings. The van der Waals surface area contributed by atoms with E-state index in [0.717, 1.165) is 31.4 Å². The fraction of sp³-hybridized carbons (Fsp3) is 0.259. The van der Waals surface area contributed by atoms with Crippen molar-refractivity contribution in [1.82, 2.24) is 4.57 Å². The van der Waals surface area contributed by atoms with Crippen LogP contribution in [0.2, 0.25) is 0 Å². The van der Waals surface area contributed by atoms with Crippen LogP contribution >= 0.6 is 11.3 Å². The van der Waals surface area contributed by atoms with Gasteiger partial charge >= 0.3 is 4.87 Å². The van der Waals surface area contributed by atoms with Crippen molar-refractivity contribution in [3.8, 4) is 5.75 Å². The average molecular weight is 540 g/mol. The van der Waals surface area contributed by atoms with Crippen molar-refractivity contribution in [2.75, 3.05) is 22.8 Å². The number of nitrogens with zero attached hydrogens (tertiary/aromatic N) is 2. The number of carbonyl (C=O) groups is 1. The number of carbonyl (C=O) groups excluding carboxylic acids is 1. The standard InChI is InChI=1S/C27H29N3O5S2/c1-5-35-22-11-9-21(10-12-22)29(37(33,34)23-13-6-19(4)7-14-23)17-26(31)28-20-8-15-24-25(16-20)36-27(32)30(24)18(2)3/h6-16,18H,5,17H2,1-4H3,(H,28,31). The van der Waals surface area contributed by atoms with Gasteiger partial charge in [0.1, 0.15) is 12.3 Å². The lowest BCUT2D eigenvalue weighted by Crippen LogP contribution is -2.38. The molecule has 8 nitrogen and oxygen atoms in total. The van der Waals surface area contributed by atoms with Gasteiger partial charge in [-0.15, -0.1) is 0 Å². The summed E-state index contributed by atoms with van der Waals surface area (Å²) in [5.41, 5.74) is 2.53. The number of hydrogen-bond acceptors (Lipinski definition) is 6. The van der Waals surface area contributed by atoms with Gasteiger partial charge in [-0.25, -0.2) is 8.42 Å². The number of amides is 1. The highest BCUT2D eigenvalue weighted by Gasteiger charge is 2.27. The van der Waals surface area contributed by atoms with E-state index in [-0.39, 0.29) is 15.8 Å². The molecule has 3 aromatic carbocycles. The molecule has 0 aliphatic carbocycles. The molecule has 0 saturated carbocycles. The Balaban J connectivity index is 1.64. The Morgan fingerprint density at radius 3 is 2.35 bits per heavy atom. The number of hydrogen-bond donors (Lipinski definition) is 1. The molecule has 4 aromatic rings. The largest absolute Gasteiger partial charge is 0.494 e. The van der Waals surface area contributed by atoms with Crippen molar-refractivity contribution in [3.05, 3.63) is 82.0 Å². The SMILES string of the molecule is CCOc1ccc(N(CC(=O)Nc2ccc3c(c2)sc(=O)n3C(C)C)S(=O)(=O)c2ccc(C)cc2)cc1. The molecule has 0 atom stereocenters. The quantitative estimate of drug-likeness (QED) is 0.316. The highest BCUT2D eigenvalue weighted by atomic mass is 32.2. The molecule has 1 aromatic heterocycles. The summed E-state index contributed by atoms with van der Waals surface area (Å²) in [6.45, 7) is 7.65. The molecule has 1 heterocycles. The second kappa shape index (κ2) is 10.8. The normalized spacial score (nSPS) is 11.6. The van der Waals surface area contributed by atoms with Crippen LogP contribution in [0.1, 0.15) is 32.4 Å². The van der Waals surface area contributed by atoms with Gasteiger partial charge in [-0.2, -0.15) is 0 Å². The van der Waals surface area contributed by atoms with Gasteiger partial charge in [0.25, 0.3) is 10.0 Å². The number of nitrogens with one attached hydrogen (secondary N) is 1. The topological polar surface area (TPSA) is 97.7 Å². The average Bonchev–Trinajstić information content (AvgIpc) is 3.18. The van der Waals surface area contributed by atoms with Gasteiger partial charge in [0, 0.05) is 11.7 Å². The number of anilines is 2. The van der Waals surface area contributed by atoms with E-state index in [0.29, 0.717) is 23.7 Å². The van der Waals surface area contributed by atoms with Gasteiger partial charge in [0.15, 0.2) is 0 Å².